The van der Waals surface area contributed by atoms with Gasteiger partial charge >= 0.3 is 0 Å². The summed E-state index contributed by atoms with van der Waals surface area (Å²) in [7, 11) is 1.61. The maximum atomic E-state index is 12.0. The Kier molecular flexibility index (Phi) is 5.84. The molecule has 0 aliphatic carbocycles. The monoisotopic (exact) mass is 298 g/mol. The van der Waals surface area contributed by atoms with Crippen molar-refractivity contribution < 1.29 is 9.53 Å². The molecule has 1 aromatic carbocycles. The van der Waals surface area contributed by atoms with Crippen LogP contribution in [0.15, 0.2) is 18.2 Å². The molecule has 2 N–H and O–H groups in total. The summed E-state index contributed by atoms with van der Waals surface area (Å²) in [6, 6.07) is 5.14. The van der Waals surface area contributed by atoms with Crippen molar-refractivity contribution in [3.63, 3.8) is 0 Å². The molecule has 0 heterocycles. The molecule has 1 aromatic rings. The fourth-order valence-electron chi connectivity index (χ4n) is 1.72. The van der Waals surface area contributed by atoms with E-state index in [2.05, 4.69) is 10.6 Å². The van der Waals surface area contributed by atoms with Gasteiger partial charge in [0.1, 0.15) is 5.75 Å². The number of benzene rings is 1. The maximum absolute atomic E-state index is 12.0. The summed E-state index contributed by atoms with van der Waals surface area (Å²) in [6.07, 6.45) is 0. The predicted octanol–water partition coefficient (Wildman–Crippen LogP) is 2.74. The Labute approximate surface area is 125 Å². The van der Waals surface area contributed by atoms with Crippen molar-refractivity contribution >= 4 is 17.5 Å². The van der Waals surface area contributed by atoms with Gasteiger partial charge in [-0.3, -0.25) is 4.79 Å². The molecule has 0 fully saturated rings. The molecule has 0 saturated heterocycles. The van der Waals surface area contributed by atoms with Crippen LogP contribution in [0.4, 0.5) is 0 Å². The van der Waals surface area contributed by atoms with Crippen LogP contribution in [0.1, 0.15) is 33.3 Å². The molecule has 4 nitrogen and oxygen atoms in total. The average Bonchev–Trinajstić information content (AvgIpc) is 2.34. The van der Waals surface area contributed by atoms with Gasteiger partial charge in [-0.05, 0) is 45.9 Å². The van der Waals surface area contributed by atoms with Gasteiger partial charge in [0.25, 0.3) is 0 Å². The molecule has 0 aliphatic heterocycles. The van der Waals surface area contributed by atoms with Crippen LogP contribution in [-0.4, -0.2) is 24.6 Å². The third-order valence-corrected chi connectivity index (χ3v) is 2.97. The number of amides is 1. The van der Waals surface area contributed by atoms with Crippen LogP contribution in [0.3, 0.4) is 0 Å². The van der Waals surface area contributed by atoms with Crippen molar-refractivity contribution in [2.24, 2.45) is 0 Å². The highest BCUT2D eigenvalue weighted by molar-refractivity contribution is 6.30. The second-order valence-corrected chi connectivity index (χ2v) is 6.23. The lowest BCUT2D eigenvalue weighted by Crippen LogP contribution is -2.49. The summed E-state index contributed by atoms with van der Waals surface area (Å²) in [5.41, 5.74) is 0.691. The normalized spacial score (nSPS) is 12.9. The first-order valence-corrected chi connectivity index (χ1v) is 6.98. The van der Waals surface area contributed by atoms with E-state index in [0.29, 0.717) is 11.6 Å². The van der Waals surface area contributed by atoms with Crippen LogP contribution < -0.4 is 15.4 Å². The van der Waals surface area contributed by atoms with E-state index >= 15 is 0 Å². The van der Waals surface area contributed by atoms with Gasteiger partial charge in [0, 0.05) is 22.7 Å². The molecule has 112 valence electrons. The van der Waals surface area contributed by atoms with E-state index in [1.807, 2.05) is 39.8 Å². The van der Waals surface area contributed by atoms with Gasteiger partial charge < -0.3 is 15.4 Å². The SMILES string of the molecule is COc1ccc(Cl)cc1CNC(C)C(=O)NC(C)(C)C. The number of hydrogen-bond donors (Lipinski definition) is 2. The zero-order chi connectivity index (χ0) is 15.3. The standard InChI is InChI=1S/C15H23ClN2O2/c1-10(14(19)18-15(2,3)4)17-9-11-8-12(16)6-7-13(11)20-5/h6-8,10,17H,9H2,1-5H3,(H,18,19). The summed E-state index contributed by atoms with van der Waals surface area (Å²) in [4.78, 5) is 12.0. The molecule has 20 heavy (non-hydrogen) atoms. The van der Waals surface area contributed by atoms with Gasteiger partial charge in [0.05, 0.1) is 13.2 Å². The molecule has 5 heteroatoms. The molecular formula is C15H23ClN2O2. The van der Waals surface area contributed by atoms with Gasteiger partial charge in [0.2, 0.25) is 5.91 Å². The largest absolute Gasteiger partial charge is 0.496 e. The number of carbonyl (C=O) groups is 1. The Morgan fingerprint density at radius 2 is 2.05 bits per heavy atom. The highest BCUT2D eigenvalue weighted by atomic mass is 35.5. The predicted molar refractivity (Wildman–Crippen MR) is 82.2 cm³/mol. The van der Waals surface area contributed by atoms with Crippen molar-refractivity contribution in [1.82, 2.24) is 10.6 Å². The lowest BCUT2D eigenvalue weighted by Gasteiger charge is -2.24. The lowest BCUT2D eigenvalue weighted by atomic mass is 10.1. The Balaban J connectivity index is 2.63. The molecule has 0 bridgehead atoms. The van der Waals surface area contributed by atoms with Gasteiger partial charge in [-0.2, -0.15) is 0 Å². The first kappa shape index (κ1) is 16.8. The summed E-state index contributed by atoms with van der Waals surface area (Å²) in [6.45, 7) is 8.22. The molecule has 0 aliphatic rings. The number of carbonyl (C=O) groups excluding carboxylic acids is 1. The summed E-state index contributed by atoms with van der Waals surface area (Å²) >= 11 is 5.98. The molecule has 0 spiro atoms. The maximum Gasteiger partial charge on any atom is 0.237 e. The number of halogens is 1. The van der Waals surface area contributed by atoms with E-state index in [1.54, 1.807) is 13.2 Å². The minimum Gasteiger partial charge on any atom is -0.496 e. The Morgan fingerprint density at radius 3 is 2.60 bits per heavy atom. The molecule has 1 unspecified atom stereocenters. The second-order valence-electron chi connectivity index (χ2n) is 5.80. The van der Waals surface area contributed by atoms with Crippen LogP contribution in [0.2, 0.25) is 5.02 Å². The lowest BCUT2D eigenvalue weighted by molar-refractivity contribution is -0.124. The second kappa shape index (κ2) is 6.95. The fourth-order valence-corrected chi connectivity index (χ4v) is 1.91. The van der Waals surface area contributed by atoms with Crippen molar-refractivity contribution in [3.8, 4) is 5.75 Å². The topological polar surface area (TPSA) is 50.4 Å². The van der Waals surface area contributed by atoms with E-state index in [-0.39, 0.29) is 17.5 Å². The smallest absolute Gasteiger partial charge is 0.237 e. The highest BCUT2D eigenvalue weighted by Crippen LogP contribution is 2.22. The van der Waals surface area contributed by atoms with Crippen molar-refractivity contribution in [2.45, 2.75) is 45.8 Å². The van der Waals surface area contributed by atoms with Gasteiger partial charge in [-0.15, -0.1) is 0 Å². The van der Waals surface area contributed by atoms with Gasteiger partial charge in [0.15, 0.2) is 0 Å². The van der Waals surface area contributed by atoms with Crippen molar-refractivity contribution in [2.75, 3.05) is 7.11 Å². The van der Waals surface area contributed by atoms with Crippen LogP contribution >= 0.6 is 11.6 Å². The number of methoxy groups -OCH3 is 1. The van der Waals surface area contributed by atoms with Crippen LogP contribution in [0, 0.1) is 0 Å². The minimum absolute atomic E-state index is 0.0292. The zero-order valence-electron chi connectivity index (χ0n) is 12.7. The number of ether oxygens (including phenoxy) is 1. The molecule has 1 atom stereocenters. The first-order chi connectivity index (χ1) is 9.23. The Morgan fingerprint density at radius 1 is 1.40 bits per heavy atom. The van der Waals surface area contributed by atoms with E-state index in [1.165, 1.54) is 0 Å². The van der Waals surface area contributed by atoms with Crippen molar-refractivity contribution in [3.05, 3.63) is 28.8 Å². The van der Waals surface area contributed by atoms with E-state index in [4.69, 9.17) is 16.3 Å². The van der Waals surface area contributed by atoms with Crippen LogP contribution in [-0.2, 0) is 11.3 Å². The quantitative estimate of drug-likeness (QED) is 0.879. The Hall–Kier alpha value is -1.26. The fraction of sp³-hybridized carbons (Fsp3) is 0.533. The number of nitrogens with one attached hydrogen (secondary N) is 2. The molecule has 1 rings (SSSR count). The highest BCUT2D eigenvalue weighted by Gasteiger charge is 2.19. The van der Waals surface area contributed by atoms with Crippen molar-refractivity contribution in [1.29, 1.82) is 0 Å². The van der Waals surface area contributed by atoms with Crippen LogP contribution in [0.5, 0.6) is 5.75 Å². The van der Waals surface area contributed by atoms with E-state index < -0.39 is 0 Å². The average molecular weight is 299 g/mol. The molecule has 0 saturated carbocycles. The molecule has 0 aromatic heterocycles. The minimum atomic E-state index is -0.294. The number of hydrogen-bond acceptors (Lipinski definition) is 3. The zero-order valence-corrected chi connectivity index (χ0v) is 13.5. The first-order valence-electron chi connectivity index (χ1n) is 6.61. The van der Waals surface area contributed by atoms with Gasteiger partial charge in [-0.1, -0.05) is 11.6 Å². The third-order valence-electron chi connectivity index (χ3n) is 2.73. The molecule has 0 radical (unpaired) electrons. The Bertz CT molecular complexity index is 469. The van der Waals surface area contributed by atoms with E-state index in [9.17, 15) is 4.79 Å². The third kappa shape index (κ3) is 5.39. The van der Waals surface area contributed by atoms with Gasteiger partial charge in [-0.25, -0.2) is 0 Å². The van der Waals surface area contributed by atoms with E-state index in [0.717, 1.165) is 11.3 Å². The summed E-state index contributed by atoms with van der Waals surface area (Å²) < 4.78 is 5.27. The number of rotatable bonds is 5. The molecular weight excluding hydrogens is 276 g/mol. The molecule has 1 amide bonds. The van der Waals surface area contributed by atoms with Crippen LogP contribution in [0.25, 0.3) is 0 Å². The summed E-state index contributed by atoms with van der Waals surface area (Å²) in [5.74, 6) is 0.726. The summed E-state index contributed by atoms with van der Waals surface area (Å²) in [5, 5.41) is 6.76.